The maximum absolute atomic E-state index is 11.0. The molecule has 4 nitrogen and oxygen atoms in total. The summed E-state index contributed by atoms with van der Waals surface area (Å²) in [6.45, 7) is 7.74. The van der Waals surface area contributed by atoms with Crippen molar-refractivity contribution in [2.45, 2.75) is 40.2 Å². The predicted octanol–water partition coefficient (Wildman–Crippen LogP) is 4.84. The summed E-state index contributed by atoms with van der Waals surface area (Å²) in [5, 5.41) is 3.86. The van der Waals surface area contributed by atoms with Gasteiger partial charge >= 0.3 is 0 Å². The summed E-state index contributed by atoms with van der Waals surface area (Å²) in [7, 11) is 0. The minimum atomic E-state index is -0.219. The van der Waals surface area contributed by atoms with Crippen LogP contribution in [-0.4, -0.2) is 17.3 Å². The van der Waals surface area contributed by atoms with Crippen molar-refractivity contribution in [2.75, 3.05) is 5.32 Å². The average Bonchev–Trinajstić information content (AvgIpc) is 2.48. The highest BCUT2D eigenvalue weighted by Crippen LogP contribution is 2.31. The molecule has 0 radical (unpaired) electrons. The maximum Gasteiger partial charge on any atom is 0.221 e. The highest BCUT2D eigenvalue weighted by atomic mass is 35.5. The molecule has 0 spiro atoms. The number of hydrogen-bond acceptors (Lipinski definition) is 4. The number of rotatable bonds is 6. The topological polar surface area (TPSA) is 51.2 Å². The smallest absolute Gasteiger partial charge is 0.221 e. The molecule has 1 aromatic heterocycles. The lowest BCUT2D eigenvalue weighted by atomic mass is 10.1. The van der Waals surface area contributed by atoms with Crippen molar-refractivity contribution in [2.24, 2.45) is 0 Å². The van der Waals surface area contributed by atoms with Crippen LogP contribution in [-0.2, 0) is 4.79 Å². The molecule has 0 bridgehead atoms. The van der Waals surface area contributed by atoms with Gasteiger partial charge in [-0.1, -0.05) is 18.5 Å². The lowest BCUT2D eigenvalue weighted by Gasteiger charge is -2.15. The number of aromatic nitrogens is 1. The largest absolute Gasteiger partial charge is 0.438 e. The Bertz CT molecular complexity index is 693. The Balaban J connectivity index is 2.30. The van der Waals surface area contributed by atoms with Gasteiger partial charge in [0.25, 0.3) is 0 Å². The van der Waals surface area contributed by atoms with Crippen molar-refractivity contribution in [3.8, 4) is 11.6 Å². The standard InChI is InChI=1S/C18H21ClN2O2/c1-5-15(10-22)21-16-8-13(4)20-17(9-16)23-18-11(2)6-14(19)7-12(18)3/h6-10,15H,5H2,1-4H3,(H,20,21). The molecule has 0 saturated carbocycles. The number of pyridine rings is 1. The number of hydrogen-bond donors (Lipinski definition) is 1. The first-order chi connectivity index (χ1) is 10.9. The van der Waals surface area contributed by atoms with Crippen LogP contribution in [0.2, 0.25) is 5.02 Å². The lowest BCUT2D eigenvalue weighted by molar-refractivity contribution is -0.108. The van der Waals surface area contributed by atoms with Crippen molar-refractivity contribution in [3.05, 3.63) is 46.1 Å². The Labute approximate surface area is 141 Å². The monoisotopic (exact) mass is 332 g/mol. The van der Waals surface area contributed by atoms with Crippen LogP contribution >= 0.6 is 11.6 Å². The van der Waals surface area contributed by atoms with E-state index in [-0.39, 0.29) is 6.04 Å². The number of nitrogens with one attached hydrogen (secondary N) is 1. The Morgan fingerprint density at radius 3 is 2.43 bits per heavy atom. The second-order valence-corrected chi connectivity index (χ2v) is 6.04. The lowest BCUT2D eigenvalue weighted by Crippen LogP contribution is -2.19. The molecular formula is C18H21ClN2O2. The third-order valence-electron chi connectivity index (χ3n) is 3.52. The first kappa shape index (κ1) is 17.3. The molecule has 1 unspecified atom stereocenters. The van der Waals surface area contributed by atoms with Crippen LogP contribution < -0.4 is 10.1 Å². The molecule has 0 aliphatic heterocycles. The van der Waals surface area contributed by atoms with Crippen molar-refractivity contribution < 1.29 is 9.53 Å². The molecule has 0 saturated heterocycles. The van der Waals surface area contributed by atoms with Gasteiger partial charge in [0.2, 0.25) is 5.88 Å². The zero-order valence-corrected chi connectivity index (χ0v) is 14.6. The molecule has 1 N–H and O–H groups in total. The average molecular weight is 333 g/mol. The minimum absolute atomic E-state index is 0.219. The molecule has 23 heavy (non-hydrogen) atoms. The zero-order valence-electron chi connectivity index (χ0n) is 13.8. The SMILES string of the molecule is CCC(C=O)Nc1cc(C)nc(Oc2c(C)cc(Cl)cc2C)c1. The molecule has 1 heterocycles. The predicted molar refractivity (Wildman–Crippen MR) is 93.7 cm³/mol. The van der Waals surface area contributed by atoms with Crippen molar-refractivity contribution in [1.29, 1.82) is 0 Å². The van der Waals surface area contributed by atoms with Gasteiger partial charge in [0.15, 0.2) is 0 Å². The van der Waals surface area contributed by atoms with Gasteiger partial charge in [0.05, 0.1) is 6.04 Å². The first-order valence-electron chi connectivity index (χ1n) is 7.58. The van der Waals surface area contributed by atoms with Crippen molar-refractivity contribution >= 4 is 23.6 Å². The number of halogens is 1. The maximum atomic E-state index is 11.0. The summed E-state index contributed by atoms with van der Waals surface area (Å²) >= 11 is 6.05. The minimum Gasteiger partial charge on any atom is -0.438 e. The van der Waals surface area contributed by atoms with E-state index < -0.39 is 0 Å². The third-order valence-corrected chi connectivity index (χ3v) is 3.74. The van der Waals surface area contributed by atoms with Crippen LogP contribution in [0.3, 0.4) is 0 Å². The van der Waals surface area contributed by atoms with E-state index in [1.165, 1.54) is 0 Å². The van der Waals surface area contributed by atoms with E-state index >= 15 is 0 Å². The van der Waals surface area contributed by atoms with E-state index in [0.717, 1.165) is 41.0 Å². The molecule has 1 aromatic carbocycles. The molecule has 0 fully saturated rings. The molecule has 2 aromatic rings. The van der Waals surface area contributed by atoms with Gasteiger partial charge in [-0.2, -0.15) is 0 Å². The normalized spacial score (nSPS) is 11.9. The number of carbonyl (C=O) groups is 1. The molecule has 122 valence electrons. The van der Waals surface area contributed by atoms with Crippen molar-refractivity contribution in [1.82, 2.24) is 4.98 Å². The zero-order chi connectivity index (χ0) is 17.0. The number of anilines is 1. The van der Waals surface area contributed by atoms with Crippen LogP contribution in [0.25, 0.3) is 0 Å². The fourth-order valence-electron chi connectivity index (χ4n) is 2.38. The van der Waals surface area contributed by atoms with Crippen LogP contribution in [0.5, 0.6) is 11.6 Å². The van der Waals surface area contributed by atoms with Gasteiger partial charge in [-0.25, -0.2) is 4.98 Å². The van der Waals surface area contributed by atoms with E-state index in [4.69, 9.17) is 16.3 Å². The summed E-state index contributed by atoms with van der Waals surface area (Å²) < 4.78 is 5.97. The summed E-state index contributed by atoms with van der Waals surface area (Å²) in [6.07, 6.45) is 1.63. The highest BCUT2D eigenvalue weighted by molar-refractivity contribution is 6.30. The van der Waals surface area contributed by atoms with Crippen LogP contribution in [0, 0.1) is 20.8 Å². The molecular weight excluding hydrogens is 312 g/mol. The van der Waals surface area contributed by atoms with Gasteiger partial charge in [0, 0.05) is 22.5 Å². The van der Waals surface area contributed by atoms with E-state index in [1.54, 1.807) is 6.07 Å². The quantitative estimate of drug-likeness (QED) is 0.769. The Kier molecular flexibility index (Phi) is 5.61. The number of aldehydes is 1. The first-order valence-corrected chi connectivity index (χ1v) is 7.95. The fourth-order valence-corrected chi connectivity index (χ4v) is 2.71. The van der Waals surface area contributed by atoms with Crippen LogP contribution in [0.15, 0.2) is 24.3 Å². The summed E-state index contributed by atoms with van der Waals surface area (Å²) in [4.78, 5) is 15.4. The van der Waals surface area contributed by atoms with Crippen LogP contribution in [0.4, 0.5) is 5.69 Å². The number of aryl methyl sites for hydroxylation is 3. The van der Waals surface area contributed by atoms with E-state index in [0.29, 0.717) is 10.9 Å². The molecule has 2 rings (SSSR count). The molecule has 0 aliphatic rings. The van der Waals surface area contributed by atoms with E-state index in [2.05, 4.69) is 10.3 Å². The van der Waals surface area contributed by atoms with Gasteiger partial charge in [-0.15, -0.1) is 0 Å². The van der Waals surface area contributed by atoms with Gasteiger partial charge in [-0.05, 0) is 56.5 Å². The number of benzene rings is 1. The molecule has 0 aliphatic carbocycles. The fraction of sp³-hybridized carbons (Fsp3) is 0.333. The molecule has 1 atom stereocenters. The molecule has 5 heteroatoms. The van der Waals surface area contributed by atoms with E-state index in [1.807, 2.05) is 45.9 Å². The Hall–Kier alpha value is -2.07. The second kappa shape index (κ2) is 7.47. The highest BCUT2D eigenvalue weighted by Gasteiger charge is 2.11. The van der Waals surface area contributed by atoms with Gasteiger partial charge in [0.1, 0.15) is 12.0 Å². The van der Waals surface area contributed by atoms with Gasteiger partial charge in [-0.3, -0.25) is 0 Å². The summed E-state index contributed by atoms with van der Waals surface area (Å²) in [5.41, 5.74) is 3.53. The van der Waals surface area contributed by atoms with E-state index in [9.17, 15) is 4.79 Å². The summed E-state index contributed by atoms with van der Waals surface area (Å²) in [6, 6.07) is 7.19. The second-order valence-electron chi connectivity index (χ2n) is 5.60. The Morgan fingerprint density at radius 1 is 1.22 bits per heavy atom. The van der Waals surface area contributed by atoms with Gasteiger partial charge < -0.3 is 14.8 Å². The number of ether oxygens (including phenoxy) is 1. The number of nitrogens with zero attached hydrogens (tertiary/aromatic N) is 1. The van der Waals surface area contributed by atoms with Crippen LogP contribution in [0.1, 0.15) is 30.2 Å². The number of carbonyl (C=O) groups excluding carboxylic acids is 1. The summed E-state index contributed by atoms with van der Waals surface area (Å²) in [5.74, 6) is 1.24. The van der Waals surface area contributed by atoms with Crippen molar-refractivity contribution in [3.63, 3.8) is 0 Å². The Morgan fingerprint density at radius 2 is 1.87 bits per heavy atom. The third kappa shape index (κ3) is 4.45. The molecule has 0 amide bonds.